The van der Waals surface area contributed by atoms with E-state index >= 15 is 0 Å². The number of fused-ring (bicyclic) bond motifs is 1. The number of benzene rings is 2. The van der Waals surface area contributed by atoms with E-state index in [2.05, 4.69) is 39.0 Å². The zero-order valence-corrected chi connectivity index (χ0v) is 15.0. The summed E-state index contributed by atoms with van der Waals surface area (Å²) in [7, 11) is 3.32. The van der Waals surface area contributed by atoms with Gasteiger partial charge in [0.25, 0.3) is 0 Å². The second kappa shape index (κ2) is 6.36. The molecule has 1 heterocycles. The van der Waals surface area contributed by atoms with Gasteiger partial charge in [0.05, 0.1) is 25.4 Å². The highest BCUT2D eigenvalue weighted by Crippen LogP contribution is 2.44. The molecule has 0 aliphatic carbocycles. The second-order valence-corrected chi connectivity index (χ2v) is 7.01. The van der Waals surface area contributed by atoms with Gasteiger partial charge in [-0.3, -0.25) is 4.84 Å². The number of nitrogens with zero attached hydrogens (tertiary/aromatic N) is 1. The predicted octanol–water partition coefficient (Wildman–Crippen LogP) is 4.54. The molecule has 2 aromatic rings. The highest BCUT2D eigenvalue weighted by molar-refractivity contribution is 5.63. The van der Waals surface area contributed by atoms with Crippen LogP contribution in [0.4, 0.5) is 5.69 Å². The van der Waals surface area contributed by atoms with Crippen LogP contribution in [-0.4, -0.2) is 19.8 Å². The Hall–Kier alpha value is -2.20. The first kappa shape index (κ1) is 16.7. The van der Waals surface area contributed by atoms with Gasteiger partial charge in [-0.25, -0.2) is 5.06 Å². The minimum atomic E-state index is -0.179. The van der Waals surface area contributed by atoms with Crippen LogP contribution in [0, 0.1) is 0 Å². The lowest BCUT2D eigenvalue weighted by Crippen LogP contribution is -2.45. The molecule has 0 N–H and O–H groups in total. The summed E-state index contributed by atoms with van der Waals surface area (Å²) < 4.78 is 10.9. The molecule has 4 nitrogen and oxygen atoms in total. The minimum absolute atomic E-state index is 0.0176. The number of anilines is 1. The molecule has 0 fully saturated rings. The molecule has 128 valence electrons. The van der Waals surface area contributed by atoms with Crippen LogP contribution in [0.25, 0.3) is 0 Å². The highest BCUT2D eigenvalue weighted by Gasteiger charge is 2.34. The maximum atomic E-state index is 6.37. The summed E-state index contributed by atoms with van der Waals surface area (Å²) >= 11 is 0. The summed E-state index contributed by atoms with van der Waals surface area (Å²) in [4.78, 5) is 6.37. The Labute approximate surface area is 143 Å². The Morgan fingerprint density at radius 3 is 2.21 bits per heavy atom. The second-order valence-electron chi connectivity index (χ2n) is 7.01. The van der Waals surface area contributed by atoms with Crippen molar-refractivity contribution in [2.45, 2.75) is 38.8 Å². The molecule has 1 aliphatic rings. The Kier molecular flexibility index (Phi) is 4.41. The molecule has 24 heavy (non-hydrogen) atoms. The monoisotopic (exact) mass is 327 g/mol. The Morgan fingerprint density at radius 1 is 1.00 bits per heavy atom. The molecular weight excluding hydrogens is 302 g/mol. The van der Waals surface area contributed by atoms with E-state index in [-0.39, 0.29) is 11.6 Å². The molecule has 1 atom stereocenters. The lowest BCUT2D eigenvalue weighted by Gasteiger charge is -2.43. The van der Waals surface area contributed by atoms with Crippen molar-refractivity contribution in [1.29, 1.82) is 0 Å². The fourth-order valence-electron chi connectivity index (χ4n) is 3.05. The zero-order chi connectivity index (χ0) is 17.3. The fraction of sp³-hybridized carbons (Fsp3) is 0.400. The lowest BCUT2D eigenvalue weighted by molar-refractivity contribution is -0.00926. The van der Waals surface area contributed by atoms with Crippen molar-refractivity contribution in [1.82, 2.24) is 0 Å². The van der Waals surface area contributed by atoms with Crippen LogP contribution in [-0.2, 0) is 11.3 Å². The van der Waals surface area contributed by atoms with Crippen LogP contribution in [0.5, 0.6) is 11.5 Å². The molecule has 0 radical (unpaired) electrons. The molecule has 0 spiro atoms. The molecule has 2 aromatic carbocycles. The van der Waals surface area contributed by atoms with Crippen molar-refractivity contribution in [3.8, 4) is 11.5 Å². The third-order valence-electron chi connectivity index (χ3n) is 4.22. The van der Waals surface area contributed by atoms with E-state index in [1.807, 2.05) is 29.3 Å². The summed E-state index contributed by atoms with van der Waals surface area (Å²) in [5.41, 5.74) is 3.23. The van der Waals surface area contributed by atoms with Gasteiger partial charge >= 0.3 is 0 Å². The smallest absolute Gasteiger partial charge is 0.162 e. The van der Waals surface area contributed by atoms with Crippen LogP contribution in [0.15, 0.2) is 42.5 Å². The van der Waals surface area contributed by atoms with Gasteiger partial charge < -0.3 is 9.47 Å². The van der Waals surface area contributed by atoms with Gasteiger partial charge in [0.2, 0.25) is 0 Å². The van der Waals surface area contributed by atoms with Gasteiger partial charge in [-0.1, -0.05) is 30.3 Å². The first-order chi connectivity index (χ1) is 11.4. The number of hydrogen-bond acceptors (Lipinski definition) is 4. The van der Waals surface area contributed by atoms with Crippen molar-refractivity contribution in [2.75, 3.05) is 19.3 Å². The minimum Gasteiger partial charge on any atom is -0.493 e. The van der Waals surface area contributed by atoms with Crippen LogP contribution >= 0.6 is 0 Å². The van der Waals surface area contributed by atoms with E-state index in [0.717, 1.165) is 17.9 Å². The molecule has 1 unspecified atom stereocenters. The molecule has 4 heteroatoms. The number of methoxy groups -OCH3 is 2. The number of rotatable bonds is 3. The summed E-state index contributed by atoms with van der Waals surface area (Å²) in [6.07, 6.45) is 0.780. The molecule has 1 aliphatic heterocycles. The molecule has 3 rings (SSSR count). The maximum Gasteiger partial charge on any atom is 0.162 e. The van der Waals surface area contributed by atoms with Crippen LogP contribution in [0.3, 0.4) is 0 Å². The molecular formula is C20H25NO3. The third kappa shape index (κ3) is 3.06. The van der Waals surface area contributed by atoms with E-state index in [0.29, 0.717) is 5.75 Å². The van der Waals surface area contributed by atoms with Gasteiger partial charge in [-0.2, -0.15) is 0 Å². The van der Waals surface area contributed by atoms with Crippen molar-refractivity contribution in [3.05, 3.63) is 53.6 Å². The average molecular weight is 327 g/mol. The Balaban J connectivity index is 2.08. The molecule has 0 bridgehead atoms. The van der Waals surface area contributed by atoms with Gasteiger partial charge in [0.15, 0.2) is 11.5 Å². The molecule has 0 saturated heterocycles. The van der Waals surface area contributed by atoms with E-state index in [4.69, 9.17) is 14.3 Å². The van der Waals surface area contributed by atoms with Gasteiger partial charge in [-0.15, -0.1) is 0 Å². The summed E-state index contributed by atoms with van der Waals surface area (Å²) in [5, 5.41) is 1.99. The normalized spacial score (nSPS) is 17.4. The quantitative estimate of drug-likeness (QED) is 0.828. The van der Waals surface area contributed by atoms with Crippen molar-refractivity contribution >= 4 is 5.69 Å². The third-order valence-corrected chi connectivity index (χ3v) is 4.22. The van der Waals surface area contributed by atoms with Crippen LogP contribution < -0.4 is 14.5 Å². The van der Waals surface area contributed by atoms with Crippen LogP contribution in [0.1, 0.15) is 38.0 Å². The predicted molar refractivity (Wildman–Crippen MR) is 95.8 cm³/mol. The van der Waals surface area contributed by atoms with Gasteiger partial charge in [0.1, 0.15) is 6.10 Å². The number of hydroxylamine groups is 1. The van der Waals surface area contributed by atoms with E-state index in [9.17, 15) is 0 Å². The fourth-order valence-corrected chi connectivity index (χ4v) is 3.05. The summed E-state index contributed by atoms with van der Waals surface area (Å²) in [6.45, 7) is 6.42. The standard InChI is InChI=1S/C20H25NO3/c1-20(2,3)21-16-13-19(23-5)18(22-4)12-15(16)11-17(24-21)14-9-7-6-8-10-14/h6-10,12-13,17H,11H2,1-5H3. The van der Waals surface area contributed by atoms with Crippen molar-refractivity contribution < 1.29 is 14.3 Å². The first-order valence-electron chi connectivity index (χ1n) is 8.21. The number of hydrogen-bond donors (Lipinski definition) is 0. The highest BCUT2D eigenvalue weighted by atomic mass is 16.7. The van der Waals surface area contributed by atoms with Crippen molar-refractivity contribution in [3.63, 3.8) is 0 Å². The van der Waals surface area contributed by atoms with Gasteiger partial charge in [-0.05, 0) is 38.0 Å². The van der Waals surface area contributed by atoms with E-state index in [1.165, 1.54) is 11.1 Å². The lowest BCUT2D eigenvalue weighted by atomic mass is 9.96. The zero-order valence-electron chi connectivity index (χ0n) is 15.0. The Bertz CT molecular complexity index is 707. The molecule has 0 saturated carbocycles. The van der Waals surface area contributed by atoms with E-state index < -0.39 is 0 Å². The topological polar surface area (TPSA) is 30.9 Å². The largest absolute Gasteiger partial charge is 0.493 e. The SMILES string of the molecule is COc1cc2c(cc1OC)N(C(C)(C)C)OC(c1ccccc1)C2. The molecule has 0 aromatic heterocycles. The summed E-state index contributed by atoms with van der Waals surface area (Å²) in [5.74, 6) is 1.46. The number of ether oxygens (including phenoxy) is 2. The average Bonchev–Trinajstić information content (AvgIpc) is 2.59. The molecule has 0 amide bonds. The van der Waals surface area contributed by atoms with Gasteiger partial charge in [0, 0.05) is 12.5 Å². The maximum absolute atomic E-state index is 6.37. The van der Waals surface area contributed by atoms with Crippen molar-refractivity contribution in [2.24, 2.45) is 0 Å². The van der Waals surface area contributed by atoms with Crippen LogP contribution in [0.2, 0.25) is 0 Å². The Morgan fingerprint density at radius 2 is 1.62 bits per heavy atom. The summed E-state index contributed by atoms with van der Waals surface area (Å²) in [6, 6.07) is 14.4. The first-order valence-corrected chi connectivity index (χ1v) is 8.21. The van der Waals surface area contributed by atoms with E-state index in [1.54, 1.807) is 14.2 Å².